The Hall–Kier alpha value is -2.37. The third-order valence-electron chi connectivity index (χ3n) is 3.10. The lowest BCUT2D eigenvalue weighted by Crippen LogP contribution is -2.50. The monoisotopic (exact) mass is 278 g/mol. The van der Waals surface area contributed by atoms with E-state index in [1.165, 1.54) is 33.9 Å². The molecule has 108 valence electrons. The fraction of sp³-hybridized carbons (Fsp3) is 0.357. The molecule has 1 aromatic rings. The second kappa shape index (κ2) is 5.73. The molecule has 0 aliphatic carbocycles. The van der Waals surface area contributed by atoms with Crippen LogP contribution < -0.4 is 5.32 Å². The third kappa shape index (κ3) is 3.34. The van der Waals surface area contributed by atoms with Crippen LogP contribution in [0.1, 0.15) is 31.1 Å². The van der Waals surface area contributed by atoms with Gasteiger partial charge < -0.3 is 15.3 Å². The number of hydrogen-bond donors (Lipinski definition) is 2. The summed E-state index contributed by atoms with van der Waals surface area (Å²) in [5.41, 5.74) is -0.515. The van der Waals surface area contributed by atoms with Crippen molar-refractivity contribution in [2.45, 2.75) is 26.3 Å². The van der Waals surface area contributed by atoms with Gasteiger partial charge in [0.05, 0.1) is 0 Å². The molecule has 1 aromatic carbocycles. The van der Waals surface area contributed by atoms with Gasteiger partial charge in [-0.1, -0.05) is 6.07 Å². The number of anilines is 1. The zero-order valence-corrected chi connectivity index (χ0v) is 11.9. The fourth-order valence-corrected chi connectivity index (χ4v) is 1.52. The van der Waals surface area contributed by atoms with E-state index in [1.54, 1.807) is 18.2 Å². The second-order valence-electron chi connectivity index (χ2n) is 4.99. The normalized spacial score (nSPS) is 10.8. The second-order valence-corrected chi connectivity index (χ2v) is 4.99. The van der Waals surface area contributed by atoms with Gasteiger partial charge in [0.2, 0.25) is 5.91 Å². The van der Waals surface area contributed by atoms with Crippen LogP contribution in [0.2, 0.25) is 0 Å². The molecular weight excluding hydrogens is 260 g/mol. The SMILES string of the molecule is CC(=O)Nc1cccc(C(=O)N(C)C(C)(C)C(=O)O)c1. The van der Waals surface area contributed by atoms with E-state index in [9.17, 15) is 14.4 Å². The minimum atomic E-state index is -1.32. The Morgan fingerprint density at radius 1 is 1.25 bits per heavy atom. The van der Waals surface area contributed by atoms with Crippen molar-refractivity contribution in [3.8, 4) is 0 Å². The van der Waals surface area contributed by atoms with Gasteiger partial charge in [0.1, 0.15) is 5.54 Å². The maximum Gasteiger partial charge on any atom is 0.329 e. The van der Waals surface area contributed by atoms with E-state index in [0.29, 0.717) is 11.3 Å². The number of carboxylic acids is 1. The summed E-state index contributed by atoms with van der Waals surface area (Å²) in [6, 6.07) is 6.36. The topological polar surface area (TPSA) is 86.7 Å². The van der Waals surface area contributed by atoms with Crippen LogP contribution in [-0.2, 0) is 9.59 Å². The molecule has 2 amide bonds. The molecule has 2 N–H and O–H groups in total. The summed E-state index contributed by atoms with van der Waals surface area (Å²) in [5, 5.41) is 11.7. The number of rotatable bonds is 4. The minimum absolute atomic E-state index is 0.242. The van der Waals surface area contributed by atoms with Crippen molar-refractivity contribution in [3.05, 3.63) is 29.8 Å². The molecule has 0 fully saturated rings. The largest absolute Gasteiger partial charge is 0.480 e. The summed E-state index contributed by atoms with van der Waals surface area (Å²) in [6.07, 6.45) is 0. The number of aliphatic carboxylic acids is 1. The molecule has 0 aliphatic heterocycles. The first kappa shape index (κ1) is 15.7. The van der Waals surface area contributed by atoms with Crippen LogP contribution >= 0.6 is 0 Å². The average molecular weight is 278 g/mol. The van der Waals surface area contributed by atoms with Gasteiger partial charge in [-0.05, 0) is 32.0 Å². The van der Waals surface area contributed by atoms with Gasteiger partial charge in [0.25, 0.3) is 5.91 Å². The molecule has 0 radical (unpaired) electrons. The third-order valence-corrected chi connectivity index (χ3v) is 3.10. The molecule has 0 spiro atoms. The molecule has 0 aromatic heterocycles. The van der Waals surface area contributed by atoms with Crippen molar-refractivity contribution >= 4 is 23.5 Å². The zero-order chi connectivity index (χ0) is 15.5. The quantitative estimate of drug-likeness (QED) is 0.875. The highest BCUT2D eigenvalue weighted by molar-refractivity contribution is 5.99. The van der Waals surface area contributed by atoms with Gasteiger partial charge in [-0.3, -0.25) is 9.59 Å². The molecule has 0 unspecified atom stereocenters. The Labute approximate surface area is 117 Å². The van der Waals surface area contributed by atoms with Crippen LogP contribution in [0.15, 0.2) is 24.3 Å². The first-order valence-corrected chi connectivity index (χ1v) is 6.05. The van der Waals surface area contributed by atoms with Crippen molar-refractivity contribution in [2.24, 2.45) is 0 Å². The van der Waals surface area contributed by atoms with Gasteiger partial charge in [-0.25, -0.2) is 4.79 Å². The Morgan fingerprint density at radius 3 is 2.35 bits per heavy atom. The number of carbonyl (C=O) groups excluding carboxylic acids is 2. The zero-order valence-electron chi connectivity index (χ0n) is 11.9. The van der Waals surface area contributed by atoms with Crippen LogP contribution in [0, 0.1) is 0 Å². The maximum atomic E-state index is 12.3. The maximum absolute atomic E-state index is 12.3. The van der Waals surface area contributed by atoms with Gasteiger partial charge in [0.15, 0.2) is 0 Å². The molecule has 6 nitrogen and oxygen atoms in total. The van der Waals surface area contributed by atoms with E-state index < -0.39 is 17.4 Å². The van der Waals surface area contributed by atoms with E-state index in [2.05, 4.69) is 5.32 Å². The number of nitrogens with zero attached hydrogens (tertiary/aromatic N) is 1. The van der Waals surface area contributed by atoms with E-state index in [0.717, 1.165) is 4.90 Å². The van der Waals surface area contributed by atoms with Gasteiger partial charge in [-0.15, -0.1) is 0 Å². The number of carbonyl (C=O) groups is 3. The van der Waals surface area contributed by atoms with Crippen LogP contribution in [0.4, 0.5) is 5.69 Å². The first-order chi connectivity index (χ1) is 9.16. The summed E-state index contributed by atoms with van der Waals surface area (Å²) in [6.45, 7) is 4.27. The highest BCUT2D eigenvalue weighted by atomic mass is 16.4. The lowest BCUT2D eigenvalue weighted by molar-refractivity contribution is -0.147. The van der Waals surface area contributed by atoms with Crippen molar-refractivity contribution in [3.63, 3.8) is 0 Å². The number of nitrogens with one attached hydrogen (secondary N) is 1. The lowest BCUT2D eigenvalue weighted by Gasteiger charge is -2.31. The first-order valence-electron chi connectivity index (χ1n) is 6.05. The lowest BCUT2D eigenvalue weighted by atomic mass is 10.0. The summed E-state index contributed by atoms with van der Waals surface area (Å²) in [4.78, 5) is 35.6. The van der Waals surface area contributed by atoms with Gasteiger partial charge in [-0.2, -0.15) is 0 Å². The predicted molar refractivity (Wildman–Crippen MR) is 74.6 cm³/mol. The molecule has 0 saturated carbocycles. The van der Waals surface area contributed by atoms with Crippen molar-refractivity contribution in [1.29, 1.82) is 0 Å². The van der Waals surface area contributed by atoms with E-state index in [-0.39, 0.29) is 5.91 Å². The smallest absolute Gasteiger partial charge is 0.329 e. The average Bonchev–Trinajstić information content (AvgIpc) is 2.36. The highest BCUT2D eigenvalue weighted by Gasteiger charge is 2.35. The van der Waals surface area contributed by atoms with Crippen LogP contribution in [0.25, 0.3) is 0 Å². The summed E-state index contributed by atoms with van der Waals surface area (Å²) >= 11 is 0. The van der Waals surface area contributed by atoms with Crippen molar-refractivity contribution in [1.82, 2.24) is 4.90 Å². The van der Waals surface area contributed by atoms with Crippen LogP contribution in [0.5, 0.6) is 0 Å². The van der Waals surface area contributed by atoms with Crippen LogP contribution in [0.3, 0.4) is 0 Å². The molecule has 1 rings (SSSR count). The molecular formula is C14H18N2O4. The number of likely N-dealkylation sites (N-methyl/N-ethyl adjacent to an activating group) is 1. The number of carboxylic acid groups (broad SMARTS) is 1. The van der Waals surface area contributed by atoms with Gasteiger partial charge >= 0.3 is 5.97 Å². The molecule has 0 atom stereocenters. The minimum Gasteiger partial charge on any atom is -0.480 e. The molecule has 0 saturated heterocycles. The van der Waals surface area contributed by atoms with E-state index in [1.807, 2.05) is 0 Å². The molecule has 0 aliphatic rings. The Balaban J connectivity index is 3.03. The predicted octanol–water partition coefficient (Wildman–Crippen LogP) is 1.58. The van der Waals surface area contributed by atoms with Crippen molar-refractivity contribution < 1.29 is 19.5 Å². The van der Waals surface area contributed by atoms with Crippen molar-refractivity contribution in [2.75, 3.05) is 12.4 Å². The number of amides is 2. The summed E-state index contributed by atoms with van der Waals surface area (Å²) < 4.78 is 0. The molecule has 0 bridgehead atoms. The number of benzene rings is 1. The fourth-order valence-electron chi connectivity index (χ4n) is 1.52. The number of hydrogen-bond acceptors (Lipinski definition) is 3. The summed E-state index contributed by atoms with van der Waals surface area (Å²) in [5.74, 6) is -1.76. The molecule has 0 heterocycles. The standard InChI is InChI=1S/C14H18N2O4/c1-9(17)15-11-7-5-6-10(8-11)12(18)16(4)14(2,3)13(19)20/h5-8H,1-4H3,(H,15,17)(H,19,20). The van der Waals surface area contributed by atoms with E-state index in [4.69, 9.17) is 5.11 Å². The Kier molecular flexibility index (Phi) is 4.49. The van der Waals surface area contributed by atoms with Crippen LogP contribution in [-0.4, -0.2) is 40.4 Å². The molecule has 20 heavy (non-hydrogen) atoms. The van der Waals surface area contributed by atoms with E-state index >= 15 is 0 Å². The molecule has 6 heteroatoms. The highest BCUT2D eigenvalue weighted by Crippen LogP contribution is 2.18. The summed E-state index contributed by atoms with van der Waals surface area (Å²) in [7, 11) is 1.43. The van der Waals surface area contributed by atoms with Gasteiger partial charge in [0, 0.05) is 25.2 Å². The Morgan fingerprint density at radius 2 is 1.85 bits per heavy atom. The Bertz CT molecular complexity index is 552.